The molecule has 0 aliphatic heterocycles. The molecule has 2 N–H and O–H groups in total. The van der Waals surface area contributed by atoms with Crippen LogP contribution in [0.5, 0.6) is 5.75 Å². The third-order valence-electron chi connectivity index (χ3n) is 3.22. The van der Waals surface area contributed by atoms with Gasteiger partial charge >= 0.3 is 5.97 Å². The Labute approximate surface area is 125 Å². The maximum Gasteiger partial charge on any atom is 0.305 e. The first-order valence-electron chi connectivity index (χ1n) is 7.19. The Hall–Kier alpha value is -2.04. The second kappa shape index (κ2) is 9.00. The molecular weight excluding hydrogens is 270 g/mol. The van der Waals surface area contributed by atoms with Crippen LogP contribution in [0.1, 0.15) is 38.2 Å². The zero-order valence-electron chi connectivity index (χ0n) is 12.6. The lowest BCUT2D eigenvalue weighted by atomic mass is 10.1. The Bertz CT molecular complexity index is 456. The largest absolute Gasteiger partial charge is 0.497 e. The second-order valence-corrected chi connectivity index (χ2v) is 5.00. The van der Waals surface area contributed by atoms with Gasteiger partial charge in [-0.2, -0.15) is 0 Å². The van der Waals surface area contributed by atoms with Gasteiger partial charge < -0.3 is 15.2 Å². The van der Waals surface area contributed by atoms with Crippen molar-refractivity contribution in [3.8, 4) is 5.75 Å². The summed E-state index contributed by atoms with van der Waals surface area (Å²) in [5.41, 5.74) is 1.05. The fourth-order valence-electron chi connectivity index (χ4n) is 2.13. The van der Waals surface area contributed by atoms with Gasteiger partial charge in [0.1, 0.15) is 5.75 Å². The Morgan fingerprint density at radius 3 is 2.48 bits per heavy atom. The van der Waals surface area contributed by atoms with E-state index in [9.17, 15) is 9.59 Å². The zero-order valence-corrected chi connectivity index (χ0v) is 12.6. The molecule has 116 valence electrons. The van der Waals surface area contributed by atoms with E-state index in [2.05, 4.69) is 5.32 Å². The third kappa shape index (κ3) is 6.79. The molecule has 1 aromatic carbocycles. The molecule has 1 amide bonds. The fraction of sp³-hybridized carbons (Fsp3) is 0.500. The number of methoxy groups -OCH3 is 1. The Morgan fingerprint density at radius 1 is 1.29 bits per heavy atom. The number of carboxylic acid groups (broad SMARTS) is 1. The number of amides is 1. The van der Waals surface area contributed by atoms with Crippen LogP contribution in [0.4, 0.5) is 0 Å². The van der Waals surface area contributed by atoms with Crippen molar-refractivity contribution in [2.45, 2.75) is 45.1 Å². The van der Waals surface area contributed by atoms with Crippen LogP contribution in [0.15, 0.2) is 24.3 Å². The molecule has 1 rings (SSSR count). The second-order valence-electron chi connectivity index (χ2n) is 5.00. The quantitative estimate of drug-likeness (QED) is 0.733. The lowest BCUT2D eigenvalue weighted by Crippen LogP contribution is -2.36. The maximum atomic E-state index is 11.9. The molecule has 5 heteroatoms. The normalized spacial score (nSPS) is 11.7. The molecular formula is C16H23NO4. The first kappa shape index (κ1) is 17.0. The van der Waals surface area contributed by atoms with Gasteiger partial charge in [-0.3, -0.25) is 9.59 Å². The van der Waals surface area contributed by atoms with Crippen molar-refractivity contribution in [2.75, 3.05) is 7.11 Å². The molecule has 0 saturated heterocycles. The summed E-state index contributed by atoms with van der Waals surface area (Å²) >= 11 is 0. The molecule has 0 spiro atoms. The average molecular weight is 293 g/mol. The highest BCUT2D eigenvalue weighted by molar-refractivity contribution is 5.77. The lowest BCUT2D eigenvalue weighted by Gasteiger charge is -2.16. The molecule has 0 aliphatic carbocycles. The van der Waals surface area contributed by atoms with Crippen LogP contribution >= 0.6 is 0 Å². The van der Waals surface area contributed by atoms with Crippen molar-refractivity contribution in [3.05, 3.63) is 29.8 Å². The lowest BCUT2D eigenvalue weighted by molar-refractivity contribution is -0.137. The number of benzene rings is 1. The number of rotatable bonds is 9. The van der Waals surface area contributed by atoms with Crippen LogP contribution in [0.25, 0.3) is 0 Å². The third-order valence-corrected chi connectivity index (χ3v) is 3.22. The minimum atomic E-state index is -0.885. The van der Waals surface area contributed by atoms with Crippen molar-refractivity contribution >= 4 is 11.9 Å². The van der Waals surface area contributed by atoms with E-state index in [0.717, 1.165) is 17.7 Å². The van der Waals surface area contributed by atoms with Gasteiger partial charge in [0.25, 0.3) is 0 Å². The summed E-state index contributed by atoms with van der Waals surface area (Å²) in [5.74, 6) is -0.206. The van der Waals surface area contributed by atoms with Gasteiger partial charge in [0, 0.05) is 12.5 Å². The van der Waals surface area contributed by atoms with Crippen LogP contribution in [0.3, 0.4) is 0 Å². The first-order chi connectivity index (χ1) is 10.0. The molecule has 0 fully saturated rings. The minimum absolute atomic E-state index is 0.0257. The Balaban J connectivity index is 2.42. The molecule has 0 heterocycles. The van der Waals surface area contributed by atoms with E-state index in [1.165, 1.54) is 0 Å². The van der Waals surface area contributed by atoms with Gasteiger partial charge in [-0.15, -0.1) is 0 Å². The summed E-state index contributed by atoms with van der Waals surface area (Å²) in [6.45, 7) is 1.97. The minimum Gasteiger partial charge on any atom is -0.497 e. The summed E-state index contributed by atoms with van der Waals surface area (Å²) in [6.07, 6.45) is 2.48. The predicted molar refractivity (Wildman–Crippen MR) is 80.4 cm³/mol. The number of hydrogen-bond donors (Lipinski definition) is 2. The summed E-state index contributed by atoms with van der Waals surface area (Å²) in [5, 5.41) is 11.6. The SMILES string of the molecule is CCCC(CC(=O)O)NC(=O)CCc1ccc(OC)cc1. The van der Waals surface area contributed by atoms with Crippen molar-refractivity contribution < 1.29 is 19.4 Å². The van der Waals surface area contributed by atoms with Gasteiger partial charge in [-0.05, 0) is 30.5 Å². The average Bonchev–Trinajstić information content (AvgIpc) is 2.45. The fourth-order valence-corrected chi connectivity index (χ4v) is 2.13. The summed E-state index contributed by atoms with van der Waals surface area (Å²) in [6, 6.07) is 7.28. The molecule has 0 saturated carbocycles. The molecule has 5 nitrogen and oxygen atoms in total. The molecule has 1 unspecified atom stereocenters. The number of ether oxygens (including phenoxy) is 1. The van der Waals surface area contributed by atoms with Crippen LogP contribution in [0.2, 0.25) is 0 Å². The number of aryl methyl sites for hydroxylation is 1. The highest BCUT2D eigenvalue weighted by atomic mass is 16.5. The van der Waals surface area contributed by atoms with Gasteiger partial charge in [0.2, 0.25) is 5.91 Å². The smallest absolute Gasteiger partial charge is 0.305 e. The number of hydrogen-bond acceptors (Lipinski definition) is 3. The van der Waals surface area contributed by atoms with Crippen LogP contribution in [0, 0.1) is 0 Å². The Morgan fingerprint density at radius 2 is 1.95 bits per heavy atom. The number of carbonyl (C=O) groups excluding carboxylic acids is 1. The summed E-state index contributed by atoms with van der Waals surface area (Å²) in [4.78, 5) is 22.6. The van der Waals surface area contributed by atoms with Crippen molar-refractivity contribution in [1.82, 2.24) is 5.32 Å². The van der Waals surface area contributed by atoms with E-state index in [-0.39, 0.29) is 18.4 Å². The Kier molecular flexibility index (Phi) is 7.29. The molecule has 0 bridgehead atoms. The van der Waals surface area contributed by atoms with Gasteiger partial charge in [0.05, 0.1) is 13.5 Å². The van der Waals surface area contributed by atoms with E-state index >= 15 is 0 Å². The van der Waals surface area contributed by atoms with Gasteiger partial charge in [0.15, 0.2) is 0 Å². The molecule has 0 aromatic heterocycles. The number of carbonyl (C=O) groups is 2. The van der Waals surface area contributed by atoms with Gasteiger partial charge in [-0.1, -0.05) is 25.5 Å². The zero-order chi connectivity index (χ0) is 15.7. The molecule has 1 aromatic rings. The van der Waals surface area contributed by atoms with E-state index in [1.807, 2.05) is 31.2 Å². The molecule has 0 aliphatic rings. The molecule has 21 heavy (non-hydrogen) atoms. The van der Waals surface area contributed by atoms with Crippen LogP contribution in [-0.2, 0) is 16.0 Å². The van der Waals surface area contributed by atoms with E-state index in [0.29, 0.717) is 19.3 Å². The van der Waals surface area contributed by atoms with Crippen LogP contribution < -0.4 is 10.1 Å². The first-order valence-corrected chi connectivity index (χ1v) is 7.19. The highest BCUT2D eigenvalue weighted by Crippen LogP contribution is 2.12. The standard InChI is InChI=1S/C16H23NO4/c1-3-4-13(11-16(19)20)17-15(18)10-7-12-5-8-14(21-2)9-6-12/h5-6,8-9,13H,3-4,7,10-11H2,1-2H3,(H,17,18)(H,19,20). The van der Waals surface area contributed by atoms with Crippen LogP contribution in [-0.4, -0.2) is 30.1 Å². The number of aliphatic carboxylic acids is 1. The molecule has 0 radical (unpaired) electrons. The number of nitrogens with one attached hydrogen (secondary N) is 1. The summed E-state index contributed by atoms with van der Waals surface area (Å²) < 4.78 is 5.08. The van der Waals surface area contributed by atoms with E-state index in [1.54, 1.807) is 7.11 Å². The van der Waals surface area contributed by atoms with Gasteiger partial charge in [-0.25, -0.2) is 0 Å². The maximum absolute atomic E-state index is 11.9. The predicted octanol–water partition coefficient (Wildman–Crippen LogP) is 2.39. The van der Waals surface area contributed by atoms with E-state index in [4.69, 9.17) is 9.84 Å². The molecule has 1 atom stereocenters. The van der Waals surface area contributed by atoms with Crippen molar-refractivity contribution in [1.29, 1.82) is 0 Å². The van der Waals surface area contributed by atoms with Crippen molar-refractivity contribution in [3.63, 3.8) is 0 Å². The van der Waals surface area contributed by atoms with E-state index < -0.39 is 5.97 Å². The monoisotopic (exact) mass is 293 g/mol. The highest BCUT2D eigenvalue weighted by Gasteiger charge is 2.14. The number of carboxylic acids is 1. The topological polar surface area (TPSA) is 75.6 Å². The summed E-state index contributed by atoms with van der Waals surface area (Å²) in [7, 11) is 1.61. The van der Waals surface area contributed by atoms with Crippen molar-refractivity contribution in [2.24, 2.45) is 0 Å².